The van der Waals surface area contributed by atoms with E-state index in [1.54, 1.807) is 0 Å². The van der Waals surface area contributed by atoms with E-state index in [4.69, 9.17) is 5.73 Å². The van der Waals surface area contributed by atoms with E-state index in [2.05, 4.69) is 13.8 Å². The lowest BCUT2D eigenvalue weighted by Crippen LogP contribution is -2.19. The van der Waals surface area contributed by atoms with Crippen LogP contribution in [0.4, 0.5) is 0 Å². The molecule has 0 aliphatic rings. The quantitative estimate of drug-likeness (QED) is 0.465. The van der Waals surface area contributed by atoms with Crippen LogP contribution in [0.25, 0.3) is 0 Å². The van der Waals surface area contributed by atoms with Gasteiger partial charge < -0.3 is 5.73 Å². The molecule has 0 spiro atoms. The maximum Gasteiger partial charge on any atom is 0.00388 e. The number of hydrogen-bond acceptors (Lipinski definition) is 1. The number of hydrogen-bond donors (Lipinski definition) is 1. The summed E-state index contributed by atoms with van der Waals surface area (Å²) in [5, 5.41) is 0. The molecule has 0 saturated heterocycles. The molecule has 1 atom stereocenters. The van der Waals surface area contributed by atoms with Gasteiger partial charge in [0.15, 0.2) is 0 Å². The second-order valence-corrected chi connectivity index (χ2v) is 5.17. The Labute approximate surface area is 103 Å². The van der Waals surface area contributed by atoms with E-state index in [0.717, 1.165) is 0 Å². The first-order valence-corrected chi connectivity index (χ1v) is 7.56. The van der Waals surface area contributed by atoms with Crippen LogP contribution >= 0.6 is 0 Å². The molecular weight excluding hydrogens is 194 g/mol. The Balaban J connectivity index is 3.02. The summed E-state index contributed by atoms with van der Waals surface area (Å²) in [6.45, 7) is 4.51. The van der Waals surface area contributed by atoms with Crippen LogP contribution in [0.5, 0.6) is 0 Å². The van der Waals surface area contributed by atoms with E-state index in [1.165, 1.54) is 77.0 Å². The summed E-state index contributed by atoms with van der Waals surface area (Å²) in [4.78, 5) is 0. The van der Waals surface area contributed by atoms with Crippen molar-refractivity contribution in [3.63, 3.8) is 0 Å². The fraction of sp³-hybridized carbons (Fsp3) is 1.00. The first-order chi connectivity index (χ1) is 7.81. The molecule has 0 rings (SSSR count). The minimum Gasteiger partial charge on any atom is -0.328 e. The third-order valence-corrected chi connectivity index (χ3v) is 3.36. The van der Waals surface area contributed by atoms with Crippen LogP contribution in [-0.2, 0) is 0 Å². The number of nitrogens with two attached hydrogens (primary N) is 1. The monoisotopic (exact) mass is 227 g/mol. The largest absolute Gasteiger partial charge is 0.328 e. The van der Waals surface area contributed by atoms with Crippen molar-refractivity contribution in [3.8, 4) is 0 Å². The van der Waals surface area contributed by atoms with Gasteiger partial charge >= 0.3 is 0 Å². The molecule has 0 aliphatic carbocycles. The third kappa shape index (κ3) is 12.0. The SMILES string of the molecule is CCCCCCCCCCC(N)CCCC. The van der Waals surface area contributed by atoms with Gasteiger partial charge in [-0.2, -0.15) is 0 Å². The van der Waals surface area contributed by atoms with Gasteiger partial charge in [0.05, 0.1) is 0 Å². The summed E-state index contributed by atoms with van der Waals surface area (Å²) in [7, 11) is 0. The van der Waals surface area contributed by atoms with E-state index in [1.807, 2.05) is 0 Å². The second-order valence-electron chi connectivity index (χ2n) is 5.17. The summed E-state index contributed by atoms with van der Waals surface area (Å²) >= 11 is 0. The zero-order valence-electron chi connectivity index (χ0n) is 11.6. The van der Waals surface area contributed by atoms with Gasteiger partial charge in [0.1, 0.15) is 0 Å². The zero-order valence-corrected chi connectivity index (χ0v) is 11.6. The molecular formula is C15H33N. The molecule has 98 valence electrons. The Morgan fingerprint density at radius 2 is 1.06 bits per heavy atom. The van der Waals surface area contributed by atoms with Crippen molar-refractivity contribution in [2.24, 2.45) is 5.73 Å². The highest BCUT2D eigenvalue weighted by Crippen LogP contribution is 2.11. The molecule has 1 unspecified atom stereocenters. The topological polar surface area (TPSA) is 26.0 Å². The molecule has 0 heterocycles. The van der Waals surface area contributed by atoms with E-state index in [9.17, 15) is 0 Å². The lowest BCUT2D eigenvalue weighted by atomic mass is 10.0. The highest BCUT2D eigenvalue weighted by Gasteiger charge is 2.00. The predicted molar refractivity (Wildman–Crippen MR) is 74.7 cm³/mol. The minimum absolute atomic E-state index is 0.472. The van der Waals surface area contributed by atoms with Crippen LogP contribution in [0.1, 0.15) is 90.9 Å². The third-order valence-electron chi connectivity index (χ3n) is 3.36. The first kappa shape index (κ1) is 16.0. The summed E-state index contributed by atoms with van der Waals surface area (Å²) < 4.78 is 0. The smallest absolute Gasteiger partial charge is 0.00388 e. The van der Waals surface area contributed by atoms with Gasteiger partial charge in [0, 0.05) is 6.04 Å². The standard InChI is InChI=1S/C15H33N/c1-3-5-7-8-9-10-11-12-14-15(16)13-6-4-2/h15H,3-14,16H2,1-2H3. The highest BCUT2D eigenvalue weighted by atomic mass is 14.6. The van der Waals surface area contributed by atoms with Crippen LogP contribution < -0.4 is 5.73 Å². The molecule has 0 saturated carbocycles. The van der Waals surface area contributed by atoms with Crippen molar-refractivity contribution in [2.75, 3.05) is 0 Å². The zero-order chi connectivity index (χ0) is 12.1. The Morgan fingerprint density at radius 3 is 1.62 bits per heavy atom. The molecule has 0 aliphatic heterocycles. The second kappa shape index (κ2) is 13.0. The Kier molecular flexibility index (Phi) is 13.0. The van der Waals surface area contributed by atoms with E-state index in [0.29, 0.717) is 6.04 Å². The Morgan fingerprint density at radius 1 is 0.625 bits per heavy atom. The van der Waals surface area contributed by atoms with Gasteiger partial charge in [-0.1, -0.05) is 78.1 Å². The summed E-state index contributed by atoms with van der Waals surface area (Å²) in [5.41, 5.74) is 6.04. The Hall–Kier alpha value is -0.0400. The maximum absolute atomic E-state index is 6.04. The molecule has 0 fully saturated rings. The van der Waals surface area contributed by atoms with Crippen molar-refractivity contribution in [3.05, 3.63) is 0 Å². The summed E-state index contributed by atoms with van der Waals surface area (Å²) in [5.74, 6) is 0. The van der Waals surface area contributed by atoms with Crippen molar-refractivity contribution < 1.29 is 0 Å². The normalized spacial score (nSPS) is 12.9. The van der Waals surface area contributed by atoms with Crippen molar-refractivity contribution in [1.29, 1.82) is 0 Å². The Bertz CT molecular complexity index is 123. The summed E-state index contributed by atoms with van der Waals surface area (Å²) in [6.07, 6.45) is 16.3. The highest BCUT2D eigenvalue weighted by molar-refractivity contribution is 4.61. The molecule has 0 bridgehead atoms. The molecule has 2 N–H and O–H groups in total. The lowest BCUT2D eigenvalue weighted by molar-refractivity contribution is 0.495. The van der Waals surface area contributed by atoms with Gasteiger partial charge in [0.25, 0.3) is 0 Å². The molecule has 1 nitrogen and oxygen atoms in total. The fourth-order valence-corrected chi connectivity index (χ4v) is 2.15. The van der Waals surface area contributed by atoms with Crippen LogP contribution in [0, 0.1) is 0 Å². The number of unbranched alkanes of at least 4 members (excludes halogenated alkanes) is 8. The fourth-order valence-electron chi connectivity index (χ4n) is 2.15. The van der Waals surface area contributed by atoms with Crippen LogP contribution in [0.15, 0.2) is 0 Å². The lowest BCUT2D eigenvalue weighted by Gasteiger charge is -2.10. The van der Waals surface area contributed by atoms with Crippen molar-refractivity contribution in [2.45, 2.75) is 96.9 Å². The van der Waals surface area contributed by atoms with Gasteiger partial charge in [-0.15, -0.1) is 0 Å². The van der Waals surface area contributed by atoms with Crippen molar-refractivity contribution >= 4 is 0 Å². The van der Waals surface area contributed by atoms with Crippen molar-refractivity contribution in [1.82, 2.24) is 0 Å². The van der Waals surface area contributed by atoms with E-state index >= 15 is 0 Å². The van der Waals surface area contributed by atoms with Gasteiger partial charge in [-0.25, -0.2) is 0 Å². The first-order valence-electron chi connectivity index (χ1n) is 7.56. The van der Waals surface area contributed by atoms with Crippen LogP contribution in [-0.4, -0.2) is 6.04 Å². The maximum atomic E-state index is 6.04. The van der Waals surface area contributed by atoms with E-state index in [-0.39, 0.29) is 0 Å². The van der Waals surface area contributed by atoms with Gasteiger partial charge in [-0.3, -0.25) is 0 Å². The van der Waals surface area contributed by atoms with E-state index < -0.39 is 0 Å². The summed E-state index contributed by atoms with van der Waals surface area (Å²) in [6, 6.07) is 0.472. The molecule has 0 radical (unpaired) electrons. The molecule has 0 aromatic rings. The molecule has 1 heteroatoms. The average molecular weight is 227 g/mol. The predicted octanol–water partition coefficient (Wildman–Crippen LogP) is 5.03. The van der Waals surface area contributed by atoms with Crippen LogP contribution in [0.3, 0.4) is 0 Å². The van der Waals surface area contributed by atoms with Gasteiger partial charge in [0.2, 0.25) is 0 Å². The average Bonchev–Trinajstić information content (AvgIpc) is 2.30. The van der Waals surface area contributed by atoms with Gasteiger partial charge in [-0.05, 0) is 12.8 Å². The number of rotatable bonds is 12. The van der Waals surface area contributed by atoms with Crippen LogP contribution in [0.2, 0.25) is 0 Å². The minimum atomic E-state index is 0.472. The molecule has 16 heavy (non-hydrogen) atoms. The molecule has 0 amide bonds. The molecule has 0 aromatic heterocycles. The molecule has 0 aromatic carbocycles.